The van der Waals surface area contributed by atoms with E-state index in [9.17, 15) is 9.90 Å². The van der Waals surface area contributed by atoms with E-state index >= 15 is 0 Å². The van der Waals surface area contributed by atoms with Crippen molar-refractivity contribution in [2.24, 2.45) is 5.92 Å². The monoisotopic (exact) mass is 513 g/mol. The molecule has 2 aliphatic rings. The molecule has 0 spiro atoms. The van der Waals surface area contributed by atoms with E-state index in [1.54, 1.807) is 4.52 Å². The lowest BCUT2D eigenvalue weighted by Crippen LogP contribution is -2.46. The average molecular weight is 514 g/mol. The molecule has 1 aliphatic carbocycles. The minimum absolute atomic E-state index is 0.0921. The highest BCUT2D eigenvalue weighted by Crippen LogP contribution is 2.46. The number of hydrogen-bond acceptors (Lipinski definition) is 6. The molecule has 198 valence electrons. The van der Waals surface area contributed by atoms with Gasteiger partial charge in [0.25, 0.3) is 5.78 Å². The summed E-state index contributed by atoms with van der Waals surface area (Å²) in [6.45, 7) is 13.5. The largest absolute Gasteiger partial charge is 0.512 e. The van der Waals surface area contributed by atoms with Crippen molar-refractivity contribution in [2.75, 3.05) is 0 Å². The first kappa shape index (κ1) is 25.9. The minimum Gasteiger partial charge on any atom is -0.512 e. The highest BCUT2D eigenvalue weighted by molar-refractivity contribution is 5.90. The molecule has 1 aliphatic heterocycles. The number of hydrogen-bond donors (Lipinski definition) is 1. The Hall–Kier alpha value is -3.73. The van der Waals surface area contributed by atoms with E-state index in [-0.39, 0.29) is 23.7 Å². The Morgan fingerprint density at radius 1 is 1.18 bits per heavy atom. The number of ether oxygens (including phenoxy) is 1. The number of benzene rings is 1. The van der Waals surface area contributed by atoms with Crippen LogP contribution in [0.25, 0.3) is 10.6 Å². The lowest BCUT2D eigenvalue weighted by atomic mass is 9.76. The number of nitrogens with zero attached hydrogens (tertiary/aromatic N) is 5. The van der Waals surface area contributed by atoms with Crippen molar-refractivity contribution < 1.29 is 14.6 Å². The molecule has 38 heavy (non-hydrogen) atoms. The number of aliphatic hydroxyl groups excluding tert-OH is 1. The van der Waals surface area contributed by atoms with E-state index in [1.165, 1.54) is 11.1 Å². The summed E-state index contributed by atoms with van der Waals surface area (Å²) < 4.78 is 7.95. The summed E-state index contributed by atoms with van der Waals surface area (Å²) in [6, 6.07) is 8.24. The number of esters is 1. The summed E-state index contributed by atoms with van der Waals surface area (Å²) in [5.41, 5.74) is 4.72. The van der Waals surface area contributed by atoms with Gasteiger partial charge in [-0.25, -0.2) is 20.9 Å². The standard InChI is InChI=1S/C30H35N5O3/c1-5-22-15-21(10-11-23(22)18-31-4)12-13-30(24-8-6-7-9-24)17-26(36)25(28(37)38-30)16-27-33-29-32-19(2)14-20(3)35(29)34-27/h10-11,14-15,24,36H,5-9,12-13,16-18H2,1-3H3. The van der Waals surface area contributed by atoms with Crippen LogP contribution in [0.15, 0.2) is 35.6 Å². The molecule has 0 radical (unpaired) electrons. The number of carbonyl (C=O) groups is 1. The zero-order chi connectivity index (χ0) is 26.9. The number of aromatic nitrogens is 4. The second kappa shape index (κ2) is 10.6. The van der Waals surface area contributed by atoms with E-state index in [0.29, 0.717) is 31.0 Å². The van der Waals surface area contributed by atoms with E-state index in [0.717, 1.165) is 55.5 Å². The van der Waals surface area contributed by atoms with Crippen molar-refractivity contribution in [3.63, 3.8) is 0 Å². The van der Waals surface area contributed by atoms with Gasteiger partial charge in [-0.3, -0.25) is 0 Å². The summed E-state index contributed by atoms with van der Waals surface area (Å²) in [7, 11) is 0. The Labute approximate surface area is 223 Å². The Bertz CT molecular complexity index is 1440. The maximum Gasteiger partial charge on any atom is 0.338 e. The SMILES string of the molecule is [C-]#[N+]Cc1ccc(CCC2(C3CCCC3)CC(O)=C(Cc3nc4nc(C)cc(C)n4n3)C(=O)O2)cc1CC. The van der Waals surface area contributed by atoms with Gasteiger partial charge in [0, 0.05) is 29.8 Å². The van der Waals surface area contributed by atoms with Gasteiger partial charge in [-0.15, -0.1) is 5.10 Å². The predicted molar refractivity (Wildman–Crippen MR) is 143 cm³/mol. The average Bonchev–Trinajstić information content (AvgIpc) is 3.57. The maximum atomic E-state index is 13.4. The summed E-state index contributed by atoms with van der Waals surface area (Å²) in [6.07, 6.45) is 6.93. The van der Waals surface area contributed by atoms with Gasteiger partial charge >= 0.3 is 5.97 Å². The predicted octanol–water partition coefficient (Wildman–Crippen LogP) is 5.59. The molecule has 1 fully saturated rings. The van der Waals surface area contributed by atoms with Gasteiger partial charge in [-0.05, 0) is 69.1 Å². The van der Waals surface area contributed by atoms with Crippen LogP contribution in [-0.2, 0) is 35.3 Å². The van der Waals surface area contributed by atoms with Crippen LogP contribution in [0, 0.1) is 26.3 Å². The normalized spacial score (nSPS) is 20.2. The molecule has 1 unspecified atom stereocenters. The first-order valence-corrected chi connectivity index (χ1v) is 13.6. The van der Waals surface area contributed by atoms with E-state index in [2.05, 4.69) is 45.0 Å². The molecule has 1 atom stereocenters. The van der Waals surface area contributed by atoms with Crippen LogP contribution in [0.2, 0.25) is 0 Å². The fraction of sp³-hybridized carbons (Fsp3) is 0.500. The van der Waals surface area contributed by atoms with Gasteiger partial charge in [0.2, 0.25) is 6.54 Å². The van der Waals surface area contributed by atoms with Crippen LogP contribution in [0.1, 0.15) is 79.4 Å². The van der Waals surface area contributed by atoms with Crippen LogP contribution < -0.4 is 0 Å². The van der Waals surface area contributed by atoms with Crippen molar-refractivity contribution in [2.45, 2.75) is 90.7 Å². The minimum atomic E-state index is -0.718. The Morgan fingerprint density at radius 2 is 1.97 bits per heavy atom. The van der Waals surface area contributed by atoms with Gasteiger partial charge in [-0.1, -0.05) is 38.0 Å². The van der Waals surface area contributed by atoms with Crippen LogP contribution in [0.3, 0.4) is 0 Å². The highest BCUT2D eigenvalue weighted by atomic mass is 16.6. The van der Waals surface area contributed by atoms with Crippen molar-refractivity contribution in [3.8, 4) is 0 Å². The third kappa shape index (κ3) is 5.02. The number of cyclic esters (lactones) is 1. The van der Waals surface area contributed by atoms with Gasteiger partial charge in [0.1, 0.15) is 11.4 Å². The second-order valence-electron chi connectivity index (χ2n) is 10.8. The molecular weight excluding hydrogens is 478 g/mol. The smallest absolute Gasteiger partial charge is 0.338 e. The van der Waals surface area contributed by atoms with Crippen molar-refractivity contribution in [1.29, 1.82) is 0 Å². The number of carbonyl (C=O) groups excluding carboxylic acids is 1. The molecule has 1 saturated carbocycles. The van der Waals surface area contributed by atoms with Crippen LogP contribution >= 0.6 is 0 Å². The molecule has 2 aromatic heterocycles. The summed E-state index contributed by atoms with van der Waals surface area (Å²) >= 11 is 0. The second-order valence-corrected chi connectivity index (χ2v) is 10.8. The van der Waals surface area contributed by atoms with Gasteiger partial charge in [0.15, 0.2) is 5.82 Å². The highest BCUT2D eigenvalue weighted by Gasteiger charge is 2.48. The molecule has 1 aromatic carbocycles. The zero-order valence-corrected chi connectivity index (χ0v) is 22.5. The molecule has 5 rings (SSSR count). The number of aliphatic hydroxyl groups is 1. The lowest BCUT2D eigenvalue weighted by molar-refractivity contribution is -0.167. The van der Waals surface area contributed by atoms with Crippen LogP contribution in [0.4, 0.5) is 0 Å². The Kier molecular flexibility index (Phi) is 7.20. The molecular formula is C30H35N5O3. The van der Waals surface area contributed by atoms with Crippen molar-refractivity contribution in [1.82, 2.24) is 19.6 Å². The number of fused-ring (bicyclic) bond motifs is 1. The van der Waals surface area contributed by atoms with Crippen molar-refractivity contribution >= 4 is 11.7 Å². The summed E-state index contributed by atoms with van der Waals surface area (Å²) in [5, 5.41) is 15.7. The Balaban J connectivity index is 1.39. The number of aryl methyl sites for hydroxylation is 4. The molecule has 3 aromatic rings. The van der Waals surface area contributed by atoms with E-state index in [4.69, 9.17) is 11.3 Å². The topological polar surface area (TPSA) is 94.0 Å². The Morgan fingerprint density at radius 3 is 2.68 bits per heavy atom. The zero-order valence-electron chi connectivity index (χ0n) is 22.5. The summed E-state index contributed by atoms with van der Waals surface area (Å²) in [4.78, 5) is 25.9. The number of rotatable bonds is 8. The van der Waals surface area contributed by atoms with Gasteiger partial charge in [0.05, 0.1) is 5.57 Å². The fourth-order valence-electron chi connectivity index (χ4n) is 6.19. The molecule has 8 heteroatoms. The molecule has 0 amide bonds. The van der Waals surface area contributed by atoms with Gasteiger partial charge in [-0.2, -0.15) is 4.98 Å². The molecule has 3 heterocycles. The third-order valence-electron chi connectivity index (χ3n) is 8.19. The van der Waals surface area contributed by atoms with E-state index in [1.807, 2.05) is 19.9 Å². The lowest BCUT2D eigenvalue weighted by Gasteiger charge is -2.41. The van der Waals surface area contributed by atoms with Crippen LogP contribution in [-0.4, -0.2) is 36.3 Å². The molecule has 0 bridgehead atoms. The molecule has 0 saturated heterocycles. The fourth-order valence-corrected chi connectivity index (χ4v) is 6.19. The van der Waals surface area contributed by atoms with Crippen molar-refractivity contribution in [3.05, 3.63) is 80.9 Å². The third-order valence-corrected chi connectivity index (χ3v) is 8.19. The van der Waals surface area contributed by atoms with Crippen LogP contribution in [0.5, 0.6) is 0 Å². The maximum absolute atomic E-state index is 13.4. The van der Waals surface area contributed by atoms with Gasteiger partial charge < -0.3 is 14.7 Å². The molecule has 8 nitrogen and oxygen atoms in total. The molecule has 1 N–H and O–H groups in total. The first-order valence-electron chi connectivity index (χ1n) is 13.6. The first-order chi connectivity index (χ1) is 18.3. The quantitative estimate of drug-likeness (QED) is 0.312. The van der Waals surface area contributed by atoms with E-state index < -0.39 is 11.6 Å². The summed E-state index contributed by atoms with van der Waals surface area (Å²) in [5.74, 6) is 0.766.